The van der Waals surface area contributed by atoms with Gasteiger partial charge >= 0.3 is 17.5 Å². The van der Waals surface area contributed by atoms with Gasteiger partial charge in [-0.1, -0.05) is 96.5 Å². The van der Waals surface area contributed by atoms with Crippen molar-refractivity contribution >= 4 is 18.0 Å². The summed E-state index contributed by atoms with van der Waals surface area (Å²) in [5.41, 5.74) is 0. The predicted octanol–water partition coefficient (Wildman–Crippen LogP) is 6.28. The van der Waals surface area contributed by atoms with E-state index >= 15 is 0 Å². The van der Waals surface area contributed by atoms with Gasteiger partial charge in [-0.3, -0.25) is 0 Å². The van der Waals surface area contributed by atoms with Gasteiger partial charge in [-0.05, 0) is 0 Å². The second-order valence-electron chi connectivity index (χ2n) is 0.287. The number of hydrogen-bond donors (Lipinski definition) is 0. The third-order valence-corrected chi connectivity index (χ3v) is 0.0417. The fourth-order valence-corrected chi connectivity index (χ4v) is 0. The first-order valence-corrected chi connectivity index (χ1v) is 1.27. The van der Waals surface area contributed by atoms with Crippen molar-refractivity contribution < 1.29 is 30.7 Å². The molecule has 0 saturated heterocycles. The van der Waals surface area contributed by atoms with Crippen molar-refractivity contribution in [2.45, 2.75) is 96.5 Å². The van der Waals surface area contributed by atoms with Gasteiger partial charge in [0, 0.05) is 1.43 Å². The molecule has 0 bridgehead atoms. The Labute approximate surface area is 152 Å². The van der Waals surface area contributed by atoms with Crippen LogP contribution in [0.3, 0.4) is 0 Å². The molecule has 6 nitrogen and oxygen atoms in total. The van der Waals surface area contributed by atoms with Gasteiger partial charge in [0.05, 0.1) is 0 Å². The molecule has 0 fully saturated rings. The summed E-state index contributed by atoms with van der Waals surface area (Å²) in [4.78, 5) is 33.5. The van der Waals surface area contributed by atoms with Crippen LogP contribution < -0.4 is 0 Å². The molecule has 2 N–H and O–H groups in total. The molecular weight excluding hydrogens is 300 g/mol. The fourth-order valence-electron chi connectivity index (χ4n) is 0. The third kappa shape index (κ3) is 11700. The van der Waals surface area contributed by atoms with Gasteiger partial charge in [0.1, 0.15) is 0 Å². The SMILES string of the molecule is C.C.C.C.C.C.C.C.C.C.C.C.C.O.O=C=C=O.O=C=O.[C-]#[O+].[HH]. The van der Waals surface area contributed by atoms with E-state index in [1.165, 1.54) is 0 Å². The monoisotopic (exact) mass is 356 g/mol. The molecule has 0 amide bonds. The number of carbonyl (C=O) groups excluding carboxylic acids is 4. The van der Waals surface area contributed by atoms with E-state index in [0.717, 1.165) is 11.9 Å². The van der Waals surface area contributed by atoms with E-state index in [4.69, 9.17) is 23.8 Å². The average molecular weight is 357 g/mol. The maximum atomic E-state index is 8.62. The Morgan fingerprint density at radius 1 is 0.478 bits per heavy atom. The van der Waals surface area contributed by atoms with Gasteiger partial charge in [0.15, 0.2) is 0 Å². The summed E-state index contributed by atoms with van der Waals surface area (Å²) in [6.45, 7) is 4.50. The smallest absolute Gasteiger partial charge is 0 e. The first-order chi connectivity index (χ1) is 4.33. The molecule has 6 heteroatoms. The molecule has 0 atom stereocenters. The van der Waals surface area contributed by atoms with Crippen LogP contribution in [0, 0.1) is 6.65 Å². The van der Waals surface area contributed by atoms with Gasteiger partial charge < -0.3 is 5.48 Å². The molecule has 0 rings (SSSR count). The van der Waals surface area contributed by atoms with Crippen molar-refractivity contribution in [3.63, 3.8) is 0 Å². The first kappa shape index (κ1) is 484. The van der Waals surface area contributed by atoms with Crippen molar-refractivity contribution in [3.8, 4) is 0 Å². The summed E-state index contributed by atoms with van der Waals surface area (Å²) in [5, 5.41) is 0. The Hall–Kier alpha value is -1.76. The van der Waals surface area contributed by atoms with Gasteiger partial charge in [-0.2, -0.15) is 9.59 Å². The second kappa shape index (κ2) is 4870. The largest absolute Gasteiger partial charge is 0 e. The maximum absolute atomic E-state index is 8.62. The Balaban J connectivity index is -0.00000000109. The van der Waals surface area contributed by atoms with E-state index in [0.29, 0.717) is 0 Å². The van der Waals surface area contributed by atoms with E-state index in [-0.39, 0.29) is 110 Å². The van der Waals surface area contributed by atoms with Crippen LogP contribution in [0.25, 0.3) is 0 Å². The standard InChI is InChI=1S/C2O2.CO2.CO.13CH4.H2O.H2/c3-1-2-4;2-1-3;1-2;;;;;;;;;;;;;;;/h;;;13*1H4;1H2;1H. The van der Waals surface area contributed by atoms with Gasteiger partial charge in [0.2, 0.25) is 11.9 Å². The maximum Gasteiger partial charge on any atom is 0 e. The van der Waals surface area contributed by atoms with E-state index in [1.54, 1.807) is 0 Å². The second-order valence-corrected chi connectivity index (χ2v) is 0.287. The van der Waals surface area contributed by atoms with E-state index in [1.807, 2.05) is 0 Å². The minimum atomic E-state index is 0. The summed E-state index contributed by atoms with van der Waals surface area (Å²) in [5.74, 6) is 1.75. The first-order valence-electron chi connectivity index (χ1n) is 1.27. The van der Waals surface area contributed by atoms with Crippen molar-refractivity contribution in [3.05, 3.63) is 6.65 Å². The van der Waals surface area contributed by atoms with Crippen LogP contribution in [0.2, 0.25) is 0 Å². The van der Waals surface area contributed by atoms with Crippen LogP contribution >= 0.6 is 0 Å². The number of hydrogen-bond acceptors (Lipinski definition) is 4. The molecule has 23 heavy (non-hydrogen) atoms. The zero-order chi connectivity index (χ0) is 8.12. The van der Waals surface area contributed by atoms with E-state index in [2.05, 4.69) is 6.65 Å². The van der Waals surface area contributed by atoms with Crippen molar-refractivity contribution in [2.24, 2.45) is 0 Å². The molecule has 0 heterocycles. The van der Waals surface area contributed by atoms with Crippen molar-refractivity contribution in [2.75, 3.05) is 0 Å². The molecule has 0 aromatic rings. The summed E-state index contributed by atoms with van der Waals surface area (Å²) in [7, 11) is 0. The van der Waals surface area contributed by atoms with Crippen LogP contribution in [-0.4, -0.2) is 23.5 Å². The molecular formula is C17H56O6. The fraction of sp³-hybridized carbons (Fsp3) is 0.765. The normalized spacial score (nSPS) is 0.957. The Morgan fingerprint density at radius 2 is 0.522 bits per heavy atom. The molecule has 0 saturated carbocycles. The summed E-state index contributed by atoms with van der Waals surface area (Å²) in [6.07, 6.45) is 0.250. The molecule has 0 aromatic carbocycles. The molecule has 0 aliphatic rings. The van der Waals surface area contributed by atoms with Gasteiger partial charge in [-0.25, -0.2) is 9.59 Å². The molecule has 0 spiro atoms. The quantitative estimate of drug-likeness (QED) is 0.288. The van der Waals surface area contributed by atoms with E-state index < -0.39 is 0 Å². The van der Waals surface area contributed by atoms with Gasteiger partial charge in [0.25, 0.3) is 0 Å². The third-order valence-electron chi connectivity index (χ3n) is 0.0417. The summed E-state index contributed by atoms with van der Waals surface area (Å²) >= 11 is 0. The number of rotatable bonds is 0. The Morgan fingerprint density at radius 3 is 0.522 bits per heavy atom. The molecule has 0 aromatic heterocycles. The molecule has 0 radical (unpaired) electrons. The Bertz CT molecular complexity index is 157. The van der Waals surface area contributed by atoms with Crippen molar-refractivity contribution in [1.29, 1.82) is 0 Å². The van der Waals surface area contributed by atoms with Crippen LogP contribution in [-0.2, 0) is 23.8 Å². The van der Waals surface area contributed by atoms with Crippen LogP contribution in [0.5, 0.6) is 0 Å². The topological polar surface area (TPSA) is 120 Å². The average Bonchev–Trinajstić information content (AvgIpc) is 1.94. The zero-order valence-corrected chi connectivity index (χ0v) is 4.54. The minimum Gasteiger partial charge on any atom is 0 e. The van der Waals surface area contributed by atoms with Crippen molar-refractivity contribution in [1.82, 2.24) is 0 Å². The zero-order valence-electron chi connectivity index (χ0n) is 4.54. The molecule has 0 unspecified atom stereocenters. The van der Waals surface area contributed by atoms with Gasteiger partial charge in [-0.15, -0.1) is 0 Å². The molecule has 0 aliphatic carbocycles. The van der Waals surface area contributed by atoms with Crippen LogP contribution in [0.1, 0.15) is 98.0 Å². The summed E-state index contributed by atoms with van der Waals surface area (Å²) in [6, 6.07) is 0. The van der Waals surface area contributed by atoms with Crippen LogP contribution in [0.15, 0.2) is 0 Å². The predicted molar refractivity (Wildman–Crippen MR) is 114 cm³/mol. The minimum absolute atomic E-state index is 0. The Kier molecular flexibility index (Phi) is 103000. The molecule has 160 valence electrons. The summed E-state index contributed by atoms with van der Waals surface area (Å²) < 4.78 is 7.50. The van der Waals surface area contributed by atoms with Crippen LogP contribution in [0.4, 0.5) is 0 Å². The molecule has 0 aliphatic heterocycles. The van der Waals surface area contributed by atoms with E-state index in [9.17, 15) is 0 Å².